The lowest BCUT2D eigenvalue weighted by Crippen LogP contribution is -2.43. The number of amides is 1. The van der Waals surface area contributed by atoms with E-state index in [1.165, 1.54) is 0 Å². The summed E-state index contributed by atoms with van der Waals surface area (Å²) in [5, 5.41) is 4.09. The standard InChI is InChI=1S/C19H24N2O2/c1-12-7-8-14(9-12)19(23)21-18(13(2)22)10-15-11-20-17-6-4-3-5-16(15)17/h3-6,11-12,14,18,20H,7-10H2,1-2H3,(H,21,23)/t12?,14?,18-/m0/s1. The number of nitrogens with one attached hydrogen (secondary N) is 2. The normalized spacial score (nSPS) is 22.2. The van der Waals surface area contributed by atoms with Crippen molar-refractivity contribution >= 4 is 22.6 Å². The van der Waals surface area contributed by atoms with Gasteiger partial charge < -0.3 is 10.3 Å². The summed E-state index contributed by atoms with van der Waals surface area (Å²) in [6.45, 7) is 3.73. The molecule has 23 heavy (non-hydrogen) atoms. The predicted molar refractivity (Wildman–Crippen MR) is 91.1 cm³/mol. The Morgan fingerprint density at radius 1 is 1.30 bits per heavy atom. The lowest BCUT2D eigenvalue weighted by molar-refractivity contribution is -0.129. The summed E-state index contributed by atoms with van der Waals surface area (Å²) < 4.78 is 0. The van der Waals surface area contributed by atoms with Gasteiger partial charge in [-0.15, -0.1) is 0 Å². The van der Waals surface area contributed by atoms with E-state index in [0.717, 1.165) is 35.7 Å². The topological polar surface area (TPSA) is 62.0 Å². The second-order valence-electron chi connectivity index (χ2n) is 6.85. The molecule has 2 N–H and O–H groups in total. The maximum atomic E-state index is 12.4. The van der Waals surface area contributed by atoms with Crippen LogP contribution < -0.4 is 5.32 Å². The molecule has 1 saturated carbocycles. The van der Waals surface area contributed by atoms with Gasteiger partial charge in [-0.3, -0.25) is 9.59 Å². The number of fused-ring (bicyclic) bond motifs is 1. The van der Waals surface area contributed by atoms with Crippen LogP contribution in [0.5, 0.6) is 0 Å². The first-order valence-electron chi connectivity index (χ1n) is 8.40. The molecular weight excluding hydrogens is 288 g/mol. The summed E-state index contributed by atoms with van der Waals surface area (Å²) >= 11 is 0. The van der Waals surface area contributed by atoms with Gasteiger partial charge in [0.25, 0.3) is 0 Å². The van der Waals surface area contributed by atoms with Gasteiger partial charge in [0.2, 0.25) is 5.91 Å². The van der Waals surface area contributed by atoms with E-state index in [2.05, 4.69) is 17.2 Å². The Kier molecular flexibility index (Phi) is 4.51. The van der Waals surface area contributed by atoms with Gasteiger partial charge in [0.15, 0.2) is 5.78 Å². The Bertz CT molecular complexity index is 719. The molecule has 0 spiro atoms. The highest BCUT2D eigenvalue weighted by molar-refractivity contribution is 5.90. The zero-order valence-electron chi connectivity index (χ0n) is 13.8. The maximum absolute atomic E-state index is 12.4. The van der Waals surface area contributed by atoms with E-state index in [4.69, 9.17) is 0 Å². The van der Waals surface area contributed by atoms with Gasteiger partial charge in [-0.2, -0.15) is 0 Å². The molecule has 0 bridgehead atoms. The minimum absolute atomic E-state index is 0.00896. The van der Waals surface area contributed by atoms with E-state index < -0.39 is 6.04 Å². The van der Waals surface area contributed by atoms with Crippen LogP contribution in [0, 0.1) is 11.8 Å². The molecule has 2 unspecified atom stereocenters. The summed E-state index contributed by atoms with van der Waals surface area (Å²) in [6, 6.07) is 7.58. The fourth-order valence-electron chi connectivity index (χ4n) is 3.55. The number of Topliss-reactive ketones (excluding diaryl/α,β-unsaturated/α-hetero) is 1. The molecule has 0 aliphatic heterocycles. The lowest BCUT2D eigenvalue weighted by atomic mass is 10.00. The van der Waals surface area contributed by atoms with Crippen molar-refractivity contribution in [3.8, 4) is 0 Å². The number of carbonyl (C=O) groups is 2. The SMILES string of the molecule is CC(=O)[C@H](Cc1c[nH]c2ccccc12)NC(=O)C1CCC(C)C1. The number of ketones is 1. The Labute approximate surface area is 136 Å². The smallest absolute Gasteiger partial charge is 0.223 e. The largest absolute Gasteiger partial charge is 0.361 e. The molecule has 1 aliphatic rings. The van der Waals surface area contributed by atoms with Crippen molar-refractivity contribution in [3.63, 3.8) is 0 Å². The summed E-state index contributed by atoms with van der Waals surface area (Å²) in [7, 11) is 0. The van der Waals surface area contributed by atoms with Gasteiger partial charge in [-0.1, -0.05) is 25.1 Å². The number of carbonyl (C=O) groups excluding carboxylic acids is 2. The summed E-state index contributed by atoms with van der Waals surface area (Å²) in [5.74, 6) is 0.717. The average molecular weight is 312 g/mol. The zero-order chi connectivity index (χ0) is 16.4. The zero-order valence-corrected chi connectivity index (χ0v) is 13.8. The molecule has 0 saturated heterocycles. The third-order valence-electron chi connectivity index (χ3n) is 4.97. The van der Waals surface area contributed by atoms with Crippen LogP contribution in [-0.4, -0.2) is 22.7 Å². The average Bonchev–Trinajstić information content (AvgIpc) is 3.13. The fraction of sp³-hybridized carbons (Fsp3) is 0.474. The van der Waals surface area contributed by atoms with Crippen LogP contribution in [0.1, 0.15) is 38.7 Å². The van der Waals surface area contributed by atoms with Crippen molar-refractivity contribution in [2.75, 3.05) is 0 Å². The minimum Gasteiger partial charge on any atom is -0.361 e. The summed E-state index contributed by atoms with van der Waals surface area (Å²) in [5.41, 5.74) is 2.13. The molecule has 0 radical (unpaired) electrons. The van der Waals surface area contributed by atoms with Crippen LogP contribution in [0.15, 0.2) is 30.5 Å². The highest BCUT2D eigenvalue weighted by Crippen LogP contribution is 2.30. The number of hydrogen-bond donors (Lipinski definition) is 2. The molecule has 1 heterocycles. The Balaban J connectivity index is 1.72. The fourth-order valence-corrected chi connectivity index (χ4v) is 3.55. The molecule has 1 aromatic carbocycles. The van der Waals surface area contributed by atoms with E-state index in [-0.39, 0.29) is 17.6 Å². The molecule has 4 nitrogen and oxygen atoms in total. The third-order valence-corrected chi connectivity index (χ3v) is 4.97. The van der Waals surface area contributed by atoms with E-state index in [1.807, 2.05) is 30.5 Å². The number of aromatic amines is 1. The predicted octanol–water partition coefficient (Wildman–Crippen LogP) is 3.22. The van der Waals surface area contributed by atoms with Crippen LogP contribution in [-0.2, 0) is 16.0 Å². The van der Waals surface area contributed by atoms with E-state index in [9.17, 15) is 9.59 Å². The first-order valence-corrected chi connectivity index (χ1v) is 8.40. The Morgan fingerprint density at radius 2 is 2.09 bits per heavy atom. The molecular formula is C19H24N2O2. The number of hydrogen-bond acceptors (Lipinski definition) is 2. The highest BCUT2D eigenvalue weighted by atomic mass is 16.2. The third kappa shape index (κ3) is 3.46. The van der Waals surface area contributed by atoms with Gasteiger partial charge >= 0.3 is 0 Å². The number of para-hydroxylation sites is 1. The van der Waals surface area contributed by atoms with Crippen molar-refractivity contribution in [1.82, 2.24) is 10.3 Å². The van der Waals surface area contributed by atoms with Gasteiger partial charge in [-0.05, 0) is 43.7 Å². The monoisotopic (exact) mass is 312 g/mol. The van der Waals surface area contributed by atoms with Crippen LogP contribution in [0.4, 0.5) is 0 Å². The van der Waals surface area contributed by atoms with Crippen LogP contribution in [0.3, 0.4) is 0 Å². The van der Waals surface area contributed by atoms with Gasteiger partial charge in [0.1, 0.15) is 0 Å². The maximum Gasteiger partial charge on any atom is 0.223 e. The minimum atomic E-state index is -0.447. The number of benzene rings is 1. The molecule has 1 aliphatic carbocycles. The molecule has 1 fully saturated rings. The summed E-state index contributed by atoms with van der Waals surface area (Å²) in [6.07, 6.45) is 5.44. The van der Waals surface area contributed by atoms with Crippen LogP contribution >= 0.6 is 0 Å². The second-order valence-corrected chi connectivity index (χ2v) is 6.85. The molecule has 3 rings (SSSR count). The van der Waals surface area contributed by atoms with Crippen molar-refractivity contribution in [3.05, 3.63) is 36.0 Å². The van der Waals surface area contributed by atoms with Gasteiger partial charge in [0, 0.05) is 29.4 Å². The van der Waals surface area contributed by atoms with E-state index in [0.29, 0.717) is 12.3 Å². The first-order chi connectivity index (χ1) is 11.0. The molecule has 3 atom stereocenters. The molecule has 1 amide bonds. The molecule has 122 valence electrons. The van der Waals surface area contributed by atoms with Crippen molar-refractivity contribution in [2.24, 2.45) is 11.8 Å². The van der Waals surface area contributed by atoms with Crippen molar-refractivity contribution in [1.29, 1.82) is 0 Å². The highest BCUT2D eigenvalue weighted by Gasteiger charge is 2.29. The van der Waals surface area contributed by atoms with Crippen molar-refractivity contribution in [2.45, 2.75) is 45.6 Å². The lowest BCUT2D eigenvalue weighted by Gasteiger charge is -2.18. The molecule has 2 aromatic rings. The number of aromatic nitrogens is 1. The first kappa shape index (κ1) is 15.8. The number of rotatable bonds is 5. The van der Waals surface area contributed by atoms with E-state index in [1.54, 1.807) is 6.92 Å². The number of H-pyrrole nitrogens is 1. The van der Waals surface area contributed by atoms with Crippen LogP contribution in [0.25, 0.3) is 10.9 Å². The quantitative estimate of drug-likeness (QED) is 0.890. The molecule has 4 heteroatoms. The van der Waals surface area contributed by atoms with E-state index >= 15 is 0 Å². The van der Waals surface area contributed by atoms with Gasteiger partial charge in [-0.25, -0.2) is 0 Å². The second kappa shape index (κ2) is 6.57. The van der Waals surface area contributed by atoms with Crippen LogP contribution in [0.2, 0.25) is 0 Å². The Hall–Kier alpha value is -2.10. The van der Waals surface area contributed by atoms with Gasteiger partial charge in [0.05, 0.1) is 6.04 Å². The Morgan fingerprint density at radius 3 is 2.78 bits per heavy atom. The summed E-state index contributed by atoms with van der Waals surface area (Å²) in [4.78, 5) is 27.6. The molecule has 1 aromatic heterocycles. The van der Waals surface area contributed by atoms with Crippen molar-refractivity contribution < 1.29 is 9.59 Å².